The van der Waals surface area contributed by atoms with Crippen molar-refractivity contribution < 1.29 is 37.6 Å². The van der Waals surface area contributed by atoms with Crippen LogP contribution in [0.3, 0.4) is 0 Å². The van der Waals surface area contributed by atoms with Crippen molar-refractivity contribution in [2.24, 2.45) is 0 Å². The molecule has 0 atom stereocenters. The van der Waals surface area contributed by atoms with Gasteiger partial charge >= 0.3 is 18.9 Å². The third kappa shape index (κ3) is 4.39. The molecule has 2 aromatic heterocycles. The molecule has 0 fully saturated rings. The van der Waals surface area contributed by atoms with E-state index >= 15 is 0 Å². The van der Waals surface area contributed by atoms with Crippen LogP contribution in [0.1, 0.15) is 21.1 Å². The van der Waals surface area contributed by atoms with Gasteiger partial charge in [0, 0.05) is 22.5 Å². The summed E-state index contributed by atoms with van der Waals surface area (Å²) in [6.45, 7) is 1.73. The molecule has 1 N–H and O–H groups in total. The van der Waals surface area contributed by atoms with Crippen molar-refractivity contribution in [1.82, 2.24) is 15.2 Å². The maximum atomic E-state index is 14.5. The van der Waals surface area contributed by atoms with E-state index in [0.29, 0.717) is 17.0 Å². The van der Waals surface area contributed by atoms with Crippen LogP contribution in [0.2, 0.25) is 0 Å². The molecule has 7 nitrogen and oxygen atoms in total. The maximum Gasteiger partial charge on any atom is 1.00 e. The smallest absolute Gasteiger partial charge is 0.535 e. The van der Waals surface area contributed by atoms with Crippen molar-refractivity contribution in [3.63, 3.8) is 0 Å². The zero-order valence-electron chi connectivity index (χ0n) is 14.7. The van der Waals surface area contributed by atoms with Gasteiger partial charge in [0.25, 0.3) is 5.91 Å². The number of nitrogens with zero attached hydrogens (tertiary/aromatic N) is 3. The van der Waals surface area contributed by atoms with Crippen LogP contribution in [0, 0.1) is 12.7 Å². The van der Waals surface area contributed by atoms with Gasteiger partial charge in [-0.15, -0.1) is 16.4 Å². The first-order chi connectivity index (χ1) is 12.5. The summed E-state index contributed by atoms with van der Waals surface area (Å²) in [5.74, 6) is -0.803. The molecule has 0 aliphatic carbocycles. The normalized spacial score (nSPS) is 10.0. The second-order valence-corrected chi connectivity index (χ2v) is 6.13. The molecule has 0 unspecified atom stereocenters. The fraction of sp³-hybridized carbons (Fsp3) is 0.118. The van der Waals surface area contributed by atoms with Gasteiger partial charge in [0.1, 0.15) is 11.6 Å². The summed E-state index contributed by atoms with van der Waals surface area (Å²) in [6.07, 6.45) is 2.94. The van der Waals surface area contributed by atoms with Crippen molar-refractivity contribution in [2.45, 2.75) is 6.92 Å². The van der Waals surface area contributed by atoms with Gasteiger partial charge in [-0.25, -0.2) is 10.7 Å². The van der Waals surface area contributed by atoms with E-state index in [1.54, 1.807) is 25.3 Å². The molecule has 3 rings (SSSR count). The Kier molecular flexibility index (Phi) is 6.79. The maximum absolute atomic E-state index is 14.5. The Balaban J connectivity index is 0.00000261. The summed E-state index contributed by atoms with van der Waals surface area (Å²) >= 11 is 0.875. The van der Waals surface area contributed by atoms with Gasteiger partial charge in [0.15, 0.2) is 0 Å². The number of rotatable bonds is 5. The summed E-state index contributed by atoms with van der Waals surface area (Å²) in [4.78, 5) is 27.3. The minimum atomic E-state index is -0.564. The summed E-state index contributed by atoms with van der Waals surface area (Å²) in [5.41, 5.74) is 1.22. The molecule has 1 amide bonds. The van der Waals surface area contributed by atoms with Crippen LogP contribution in [0.5, 0.6) is 5.75 Å². The molecular weight excluding hydrogens is 366 g/mol. The van der Waals surface area contributed by atoms with Crippen molar-refractivity contribution in [3.05, 3.63) is 52.5 Å². The van der Waals surface area contributed by atoms with Crippen LogP contribution in [-0.2, 0) is 4.79 Å². The number of aromatic nitrogens is 3. The Hall–Kier alpha value is -2.60. The molecule has 2 heterocycles. The van der Waals surface area contributed by atoms with Gasteiger partial charge in [-0.05, 0) is 25.1 Å². The first-order valence-corrected chi connectivity index (χ1v) is 8.17. The van der Waals surface area contributed by atoms with Crippen molar-refractivity contribution in [3.8, 4) is 16.9 Å². The Morgan fingerprint density at radius 3 is 2.78 bits per heavy atom. The third-order valence-corrected chi connectivity index (χ3v) is 4.22. The number of aryl methyl sites for hydroxylation is 1. The Morgan fingerprint density at radius 2 is 2.11 bits per heavy atom. The molecule has 0 spiro atoms. The summed E-state index contributed by atoms with van der Waals surface area (Å²) in [6, 6.07) is 6.00. The molecule has 1 aromatic carbocycles. The predicted octanol–water partition coefficient (Wildman–Crippen LogP) is -0.230. The van der Waals surface area contributed by atoms with Gasteiger partial charge in [0.05, 0.1) is 18.2 Å². The largest absolute Gasteiger partial charge is 1.00 e. The van der Waals surface area contributed by atoms with Gasteiger partial charge < -0.3 is 9.53 Å². The molecule has 3 aromatic rings. The second kappa shape index (κ2) is 8.86. The molecule has 0 saturated carbocycles. The molecule has 27 heavy (non-hydrogen) atoms. The van der Waals surface area contributed by atoms with E-state index in [4.69, 9.17) is 4.74 Å². The SMILES string of the molecule is COc1cccc(F)c1-c1cc(C)ncc1C(=O)Nc1nnc([C-]=O)s1.[Li+]. The van der Waals surface area contributed by atoms with E-state index in [1.165, 1.54) is 25.4 Å². The Bertz CT molecular complexity index is 996. The predicted molar refractivity (Wildman–Crippen MR) is 93.6 cm³/mol. The number of halogens is 1. The van der Waals surface area contributed by atoms with Crippen LogP contribution >= 0.6 is 11.3 Å². The molecule has 0 radical (unpaired) electrons. The first kappa shape index (κ1) is 20.7. The summed E-state index contributed by atoms with van der Waals surface area (Å²) in [5, 5.41) is 9.89. The van der Waals surface area contributed by atoms with Crippen LogP contribution < -0.4 is 28.9 Å². The zero-order valence-corrected chi connectivity index (χ0v) is 15.6. The summed E-state index contributed by atoms with van der Waals surface area (Å²) in [7, 11) is 1.42. The molecular formula is C17H12FLiN4O3S. The van der Waals surface area contributed by atoms with Crippen LogP contribution in [0.4, 0.5) is 9.52 Å². The number of carbonyl (C=O) groups excluding carboxylic acids is 2. The van der Waals surface area contributed by atoms with Gasteiger partial charge in [-0.2, -0.15) is 5.10 Å². The van der Waals surface area contributed by atoms with Crippen molar-refractivity contribution in [2.75, 3.05) is 12.4 Å². The minimum absolute atomic E-state index is 0. The van der Waals surface area contributed by atoms with Crippen LogP contribution in [-0.4, -0.2) is 34.5 Å². The number of pyridine rings is 1. The zero-order chi connectivity index (χ0) is 18.7. The van der Waals surface area contributed by atoms with Crippen molar-refractivity contribution in [1.29, 1.82) is 0 Å². The Labute approximate surface area is 170 Å². The molecule has 0 bridgehead atoms. The Morgan fingerprint density at radius 1 is 1.33 bits per heavy atom. The van der Waals surface area contributed by atoms with Gasteiger partial charge in [-0.1, -0.05) is 6.07 Å². The van der Waals surface area contributed by atoms with E-state index in [0.717, 1.165) is 11.3 Å². The third-order valence-electron chi connectivity index (χ3n) is 3.48. The standard InChI is InChI=1S/C17H12FN4O3S.Li/c1-9-6-10(15-12(18)4-3-5-13(15)25-2)11(7-19-9)16(24)20-17-22-21-14(8-23)26-17;/h3-7H,1-2H3,(H,20,22,24);/q-1;+1. The van der Waals surface area contributed by atoms with E-state index in [9.17, 15) is 14.0 Å². The molecule has 0 aliphatic rings. The number of amides is 1. The molecule has 0 saturated heterocycles. The molecule has 132 valence electrons. The van der Waals surface area contributed by atoms with Gasteiger partial charge in [0.2, 0.25) is 5.13 Å². The first-order valence-electron chi connectivity index (χ1n) is 7.36. The minimum Gasteiger partial charge on any atom is -0.535 e. The number of carbonyl (C=O) groups is 1. The second-order valence-electron chi connectivity index (χ2n) is 5.16. The van der Waals surface area contributed by atoms with Gasteiger partial charge in [-0.3, -0.25) is 15.1 Å². The summed E-state index contributed by atoms with van der Waals surface area (Å²) < 4.78 is 19.7. The van der Waals surface area contributed by atoms with E-state index in [1.807, 2.05) is 0 Å². The number of hydrogen-bond acceptors (Lipinski definition) is 7. The number of benzene rings is 1. The monoisotopic (exact) mass is 378 g/mol. The van der Waals surface area contributed by atoms with E-state index in [2.05, 4.69) is 20.5 Å². The fourth-order valence-electron chi connectivity index (χ4n) is 2.36. The van der Waals surface area contributed by atoms with E-state index < -0.39 is 11.7 Å². The topological polar surface area (TPSA) is 94.1 Å². The number of ether oxygens (including phenoxy) is 1. The average molecular weight is 378 g/mol. The number of anilines is 1. The van der Waals surface area contributed by atoms with Crippen LogP contribution in [0.25, 0.3) is 11.1 Å². The van der Waals surface area contributed by atoms with Crippen molar-refractivity contribution >= 4 is 28.7 Å². The average Bonchev–Trinajstić information content (AvgIpc) is 3.08. The molecule has 10 heteroatoms. The van der Waals surface area contributed by atoms with Crippen LogP contribution in [0.15, 0.2) is 30.5 Å². The quantitative estimate of drug-likeness (QED) is 0.487. The fourth-order valence-corrected chi connectivity index (χ4v) is 2.89. The number of methoxy groups -OCH3 is 1. The molecule has 0 aliphatic heterocycles. The number of nitrogens with one attached hydrogen (secondary N) is 1. The number of hydrogen-bond donors (Lipinski definition) is 1. The van der Waals surface area contributed by atoms with E-state index in [-0.39, 0.29) is 40.1 Å².